The zero-order valence-electron chi connectivity index (χ0n) is 18.3. The molecule has 2 atom stereocenters. The van der Waals surface area contributed by atoms with E-state index in [4.69, 9.17) is 9.47 Å². The van der Waals surface area contributed by atoms with Gasteiger partial charge < -0.3 is 24.8 Å². The van der Waals surface area contributed by atoms with Crippen molar-refractivity contribution >= 4 is 15.9 Å². The van der Waals surface area contributed by atoms with Crippen LogP contribution in [0.5, 0.6) is 17.2 Å². The third kappa shape index (κ3) is 6.28. The number of ether oxygens (including phenoxy) is 2. The standard InChI is InChI=1S/C22H28N2O8S/c1-14(2)11-23-24(22(27)28)18(9-15-3-5-16(25)6-4-15)19(26)12-33(29,30)17-7-8-20-21(10-17)32-13-31-20/h3-8,10,14,18-19,23,25-26H,9,11-13H2,1-2H3,(H,27,28). The molecule has 0 saturated carbocycles. The maximum atomic E-state index is 13.0. The van der Waals surface area contributed by atoms with Crippen molar-refractivity contribution < 1.29 is 38.0 Å². The molecule has 0 bridgehead atoms. The number of carboxylic acid groups (broad SMARTS) is 1. The molecule has 33 heavy (non-hydrogen) atoms. The summed E-state index contributed by atoms with van der Waals surface area (Å²) in [6.45, 7) is 4.08. The van der Waals surface area contributed by atoms with Gasteiger partial charge in [0.25, 0.3) is 0 Å². The van der Waals surface area contributed by atoms with Crippen LogP contribution in [0.4, 0.5) is 4.79 Å². The Kier molecular flexibility index (Phi) is 7.67. The van der Waals surface area contributed by atoms with Gasteiger partial charge in [0.15, 0.2) is 21.3 Å². The molecule has 4 N–H and O–H groups in total. The molecule has 0 spiro atoms. The molecule has 0 fully saturated rings. The lowest BCUT2D eigenvalue weighted by Crippen LogP contribution is -2.56. The number of carbonyl (C=O) groups is 1. The molecular formula is C22H28N2O8S. The summed E-state index contributed by atoms with van der Waals surface area (Å²) in [7, 11) is -3.99. The molecule has 0 saturated heterocycles. The van der Waals surface area contributed by atoms with Gasteiger partial charge in [0.2, 0.25) is 6.79 Å². The van der Waals surface area contributed by atoms with Crippen molar-refractivity contribution in [3.63, 3.8) is 0 Å². The van der Waals surface area contributed by atoms with Crippen molar-refractivity contribution in [1.82, 2.24) is 10.4 Å². The Hall–Kier alpha value is -3.02. The van der Waals surface area contributed by atoms with Crippen LogP contribution in [-0.2, 0) is 16.3 Å². The molecule has 180 valence electrons. The fourth-order valence-corrected chi connectivity index (χ4v) is 4.81. The van der Waals surface area contributed by atoms with Gasteiger partial charge in [0, 0.05) is 12.6 Å². The Morgan fingerprint density at radius 1 is 1.12 bits per heavy atom. The molecule has 0 aromatic heterocycles. The van der Waals surface area contributed by atoms with E-state index in [-0.39, 0.29) is 35.5 Å². The minimum absolute atomic E-state index is 0.00868. The Morgan fingerprint density at radius 2 is 1.79 bits per heavy atom. The molecule has 1 heterocycles. The van der Waals surface area contributed by atoms with Crippen molar-refractivity contribution in [1.29, 1.82) is 0 Å². The average Bonchev–Trinajstić information content (AvgIpc) is 3.21. The zero-order chi connectivity index (χ0) is 24.2. The van der Waals surface area contributed by atoms with Crippen LogP contribution in [0.3, 0.4) is 0 Å². The molecular weight excluding hydrogens is 452 g/mol. The lowest BCUT2D eigenvalue weighted by atomic mass is 10.0. The number of amides is 1. The maximum absolute atomic E-state index is 13.0. The van der Waals surface area contributed by atoms with Gasteiger partial charge >= 0.3 is 6.09 Å². The SMILES string of the molecule is CC(C)CNN(C(=O)O)C(Cc1ccc(O)cc1)C(O)CS(=O)(=O)c1ccc2c(c1)OCO2. The van der Waals surface area contributed by atoms with Crippen LogP contribution in [0.2, 0.25) is 0 Å². The number of aliphatic hydroxyl groups is 1. The van der Waals surface area contributed by atoms with Gasteiger partial charge in [0.05, 0.1) is 22.8 Å². The van der Waals surface area contributed by atoms with E-state index in [0.29, 0.717) is 17.9 Å². The second kappa shape index (κ2) is 10.3. The normalized spacial score (nSPS) is 14.8. The number of nitrogens with one attached hydrogen (secondary N) is 1. The van der Waals surface area contributed by atoms with Crippen LogP contribution in [0.15, 0.2) is 47.4 Å². The molecule has 0 aliphatic carbocycles. The van der Waals surface area contributed by atoms with Gasteiger partial charge in [-0.15, -0.1) is 0 Å². The topological polar surface area (TPSA) is 146 Å². The fourth-order valence-electron chi connectivity index (χ4n) is 3.38. The first kappa shape index (κ1) is 24.6. The lowest BCUT2D eigenvalue weighted by molar-refractivity contribution is 0.0300. The summed E-state index contributed by atoms with van der Waals surface area (Å²) >= 11 is 0. The van der Waals surface area contributed by atoms with Crippen LogP contribution in [-0.4, -0.2) is 66.1 Å². The summed E-state index contributed by atoms with van der Waals surface area (Å²) in [4.78, 5) is 11.9. The van der Waals surface area contributed by atoms with Crippen molar-refractivity contribution in [3.05, 3.63) is 48.0 Å². The Bertz CT molecular complexity index is 1070. The quantitative estimate of drug-likeness (QED) is 0.375. The number of phenolic OH excluding ortho intramolecular Hbond substituents is 1. The molecule has 1 aliphatic heterocycles. The highest BCUT2D eigenvalue weighted by Gasteiger charge is 2.34. The van der Waals surface area contributed by atoms with E-state index in [1.165, 1.54) is 30.3 Å². The van der Waals surface area contributed by atoms with Crippen LogP contribution in [0, 0.1) is 5.92 Å². The van der Waals surface area contributed by atoms with Crippen LogP contribution < -0.4 is 14.9 Å². The van der Waals surface area contributed by atoms with Gasteiger partial charge in [0.1, 0.15) is 5.75 Å². The first-order chi connectivity index (χ1) is 15.6. The largest absolute Gasteiger partial charge is 0.508 e. The first-order valence-corrected chi connectivity index (χ1v) is 12.1. The van der Waals surface area contributed by atoms with Crippen molar-refractivity contribution in [2.45, 2.75) is 37.3 Å². The Morgan fingerprint density at radius 3 is 2.42 bits per heavy atom. The predicted molar refractivity (Wildman–Crippen MR) is 119 cm³/mol. The number of aliphatic hydroxyl groups excluding tert-OH is 1. The second-order valence-electron chi connectivity index (χ2n) is 8.21. The number of hydrogen-bond acceptors (Lipinski definition) is 8. The second-order valence-corrected chi connectivity index (χ2v) is 10.2. The summed E-state index contributed by atoms with van der Waals surface area (Å²) in [6, 6.07) is 9.09. The zero-order valence-corrected chi connectivity index (χ0v) is 19.2. The van der Waals surface area contributed by atoms with E-state index >= 15 is 0 Å². The number of hydrazine groups is 1. The summed E-state index contributed by atoms with van der Waals surface area (Å²) in [5, 5.41) is 31.1. The van der Waals surface area contributed by atoms with Crippen molar-refractivity contribution in [2.75, 3.05) is 19.1 Å². The first-order valence-electron chi connectivity index (χ1n) is 10.4. The fraction of sp³-hybridized carbons (Fsp3) is 0.409. The molecule has 2 aromatic carbocycles. The smallest absolute Gasteiger partial charge is 0.422 e. The van der Waals surface area contributed by atoms with E-state index in [9.17, 15) is 28.5 Å². The van der Waals surface area contributed by atoms with E-state index in [2.05, 4.69) is 5.43 Å². The molecule has 11 heteroatoms. The monoisotopic (exact) mass is 480 g/mol. The van der Waals surface area contributed by atoms with Crippen LogP contribution in [0.1, 0.15) is 19.4 Å². The number of benzene rings is 2. The number of rotatable bonds is 10. The summed E-state index contributed by atoms with van der Waals surface area (Å²) in [5.74, 6) is 0.152. The van der Waals surface area contributed by atoms with E-state index < -0.39 is 33.8 Å². The Balaban J connectivity index is 1.87. The van der Waals surface area contributed by atoms with Gasteiger partial charge in [-0.05, 0) is 42.2 Å². The number of aromatic hydroxyl groups is 1. The molecule has 2 aromatic rings. The maximum Gasteiger partial charge on any atom is 0.422 e. The van der Waals surface area contributed by atoms with Crippen molar-refractivity contribution in [2.24, 2.45) is 5.92 Å². The molecule has 10 nitrogen and oxygen atoms in total. The highest BCUT2D eigenvalue weighted by Crippen LogP contribution is 2.34. The summed E-state index contributed by atoms with van der Waals surface area (Å²) in [6.07, 6.45) is -2.88. The number of hydrogen-bond donors (Lipinski definition) is 4. The van der Waals surface area contributed by atoms with Gasteiger partial charge in [-0.1, -0.05) is 26.0 Å². The average molecular weight is 481 g/mol. The minimum Gasteiger partial charge on any atom is -0.508 e. The van der Waals surface area contributed by atoms with E-state index in [1.807, 2.05) is 13.8 Å². The van der Waals surface area contributed by atoms with E-state index in [1.54, 1.807) is 12.1 Å². The van der Waals surface area contributed by atoms with Crippen LogP contribution in [0.25, 0.3) is 0 Å². The number of fused-ring (bicyclic) bond motifs is 1. The highest BCUT2D eigenvalue weighted by atomic mass is 32.2. The Labute approximate surface area is 192 Å². The molecule has 2 unspecified atom stereocenters. The highest BCUT2D eigenvalue weighted by molar-refractivity contribution is 7.91. The summed E-state index contributed by atoms with van der Waals surface area (Å²) in [5.41, 5.74) is 3.40. The lowest BCUT2D eigenvalue weighted by Gasteiger charge is -2.33. The van der Waals surface area contributed by atoms with Gasteiger partial charge in [-0.2, -0.15) is 0 Å². The number of nitrogens with zero attached hydrogens (tertiary/aromatic N) is 1. The molecule has 1 amide bonds. The minimum atomic E-state index is -3.99. The van der Waals surface area contributed by atoms with Crippen LogP contribution >= 0.6 is 0 Å². The molecule has 1 aliphatic rings. The van der Waals surface area contributed by atoms with E-state index in [0.717, 1.165) is 5.01 Å². The number of sulfone groups is 1. The third-order valence-corrected chi connectivity index (χ3v) is 6.88. The third-order valence-electron chi connectivity index (χ3n) is 5.13. The molecule has 0 radical (unpaired) electrons. The molecule has 3 rings (SSSR count). The van der Waals surface area contributed by atoms with Crippen molar-refractivity contribution in [3.8, 4) is 17.2 Å². The predicted octanol–water partition coefficient (Wildman–Crippen LogP) is 2.01. The number of phenols is 1. The van der Waals surface area contributed by atoms with Gasteiger partial charge in [-0.3, -0.25) is 0 Å². The summed E-state index contributed by atoms with van der Waals surface area (Å²) < 4.78 is 36.5. The van der Waals surface area contributed by atoms with Gasteiger partial charge in [-0.25, -0.2) is 23.6 Å².